The van der Waals surface area contributed by atoms with Gasteiger partial charge in [0.25, 0.3) is 0 Å². The van der Waals surface area contributed by atoms with E-state index in [0.717, 1.165) is 10.4 Å². The molecule has 4 nitrogen and oxygen atoms in total. The molecule has 0 aliphatic rings. The van der Waals surface area contributed by atoms with Crippen molar-refractivity contribution in [2.24, 2.45) is 0 Å². The minimum Gasteiger partial charge on any atom is -0.354 e. The molecule has 2 aromatic rings. The van der Waals surface area contributed by atoms with E-state index in [9.17, 15) is 9.59 Å². The molecule has 0 saturated carbocycles. The van der Waals surface area contributed by atoms with Crippen molar-refractivity contribution in [1.29, 1.82) is 0 Å². The fraction of sp³-hybridized carbons (Fsp3) is 0.250. The predicted molar refractivity (Wildman–Crippen MR) is 94.2 cm³/mol. The van der Waals surface area contributed by atoms with Crippen molar-refractivity contribution in [3.8, 4) is 0 Å². The van der Waals surface area contributed by atoms with Crippen LogP contribution in [0, 0.1) is 0 Å². The minimum atomic E-state index is -0.227. The maximum atomic E-state index is 11.7. The van der Waals surface area contributed by atoms with Crippen molar-refractivity contribution in [1.82, 2.24) is 10.6 Å². The molecule has 1 aromatic carbocycles. The Morgan fingerprint density at radius 2 is 1.91 bits per heavy atom. The summed E-state index contributed by atoms with van der Waals surface area (Å²) in [4.78, 5) is 24.3. The second kappa shape index (κ2) is 8.91. The number of hydrogen-bond donors (Lipinski definition) is 2. The van der Waals surface area contributed by atoms with E-state index in [1.807, 2.05) is 23.6 Å². The van der Waals surface area contributed by atoms with Crippen LogP contribution >= 0.6 is 34.5 Å². The lowest BCUT2D eigenvalue weighted by Gasteiger charge is -2.08. The number of nitrogens with one attached hydrogen (secondary N) is 2. The van der Waals surface area contributed by atoms with Crippen LogP contribution < -0.4 is 10.6 Å². The number of thiophene rings is 1. The van der Waals surface area contributed by atoms with Crippen molar-refractivity contribution in [3.05, 3.63) is 56.2 Å². The van der Waals surface area contributed by atoms with Gasteiger partial charge < -0.3 is 10.6 Å². The topological polar surface area (TPSA) is 58.2 Å². The average Bonchev–Trinajstić information content (AvgIpc) is 3.00. The smallest absolute Gasteiger partial charge is 0.239 e. The van der Waals surface area contributed by atoms with E-state index in [-0.39, 0.29) is 18.4 Å². The highest BCUT2D eigenvalue weighted by Crippen LogP contribution is 2.20. The highest BCUT2D eigenvalue weighted by molar-refractivity contribution is 7.10. The fourth-order valence-corrected chi connectivity index (χ4v) is 3.14. The third-order valence-electron chi connectivity index (χ3n) is 3.09. The molecule has 0 bridgehead atoms. The zero-order valence-corrected chi connectivity index (χ0v) is 14.6. The Hall–Kier alpha value is -1.56. The van der Waals surface area contributed by atoms with Gasteiger partial charge in [0.15, 0.2) is 0 Å². The number of carbonyl (C=O) groups is 2. The minimum absolute atomic E-state index is 0.0292. The van der Waals surface area contributed by atoms with Gasteiger partial charge in [0, 0.05) is 21.5 Å². The highest BCUT2D eigenvalue weighted by Gasteiger charge is 2.07. The lowest BCUT2D eigenvalue weighted by molar-refractivity contribution is -0.125. The Bertz CT molecular complexity index is 675. The van der Waals surface area contributed by atoms with E-state index in [4.69, 9.17) is 23.2 Å². The first kappa shape index (κ1) is 17.8. The third kappa shape index (κ3) is 6.22. The van der Waals surface area contributed by atoms with Crippen molar-refractivity contribution in [2.45, 2.75) is 12.8 Å². The van der Waals surface area contributed by atoms with E-state index in [2.05, 4.69) is 10.6 Å². The van der Waals surface area contributed by atoms with Gasteiger partial charge in [-0.15, -0.1) is 11.3 Å². The molecular weight excluding hydrogens is 355 g/mol. The Labute approximate surface area is 148 Å². The van der Waals surface area contributed by atoms with Crippen LogP contribution in [0.5, 0.6) is 0 Å². The summed E-state index contributed by atoms with van der Waals surface area (Å²) in [7, 11) is 0. The van der Waals surface area contributed by atoms with Crippen LogP contribution in [0.1, 0.15) is 10.4 Å². The monoisotopic (exact) mass is 370 g/mol. The van der Waals surface area contributed by atoms with Crippen molar-refractivity contribution < 1.29 is 9.59 Å². The van der Waals surface area contributed by atoms with E-state index < -0.39 is 0 Å². The Kier molecular flexibility index (Phi) is 6.89. The molecule has 0 spiro atoms. The second-order valence-corrected chi connectivity index (χ2v) is 6.74. The zero-order valence-electron chi connectivity index (χ0n) is 12.3. The maximum absolute atomic E-state index is 11.7. The first-order valence-electron chi connectivity index (χ1n) is 7.04. The van der Waals surface area contributed by atoms with Crippen molar-refractivity contribution in [2.75, 3.05) is 13.1 Å². The molecule has 0 unspecified atom stereocenters. The van der Waals surface area contributed by atoms with Crippen LogP contribution in [0.15, 0.2) is 35.7 Å². The quantitative estimate of drug-likeness (QED) is 0.786. The van der Waals surface area contributed by atoms with Crippen LogP contribution in [0.2, 0.25) is 10.0 Å². The third-order valence-corrected chi connectivity index (χ3v) is 4.56. The molecule has 0 radical (unpaired) electrons. The SMILES string of the molecule is O=C(CNC(=O)Cc1cccs1)NCCc1ccc(Cl)cc1Cl. The number of halogens is 2. The number of rotatable bonds is 7. The van der Waals surface area contributed by atoms with Gasteiger partial charge in [-0.25, -0.2) is 0 Å². The molecule has 2 amide bonds. The molecule has 0 aliphatic heterocycles. The van der Waals surface area contributed by atoms with Crippen LogP contribution in [0.25, 0.3) is 0 Å². The molecule has 7 heteroatoms. The molecular formula is C16H16Cl2N2O2S. The van der Waals surface area contributed by atoms with Crippen LogP contribution in [0.3, 0.4) is 0 Å². The average molecular weight is 371 g/mol. The van der Waals surface area contributed by atoms with Crippen LogP contribution in [-0.4, -0.2) is 24.9 Å². The molecule has 2 N–H and O–H groups in total. The van der Waals surface area contributed by atoms with Crippen molar-refractivity contribution >= 4 is 46.4 Å². The van der Waals surface area contributed by atoms with E-state index in [1.54, 1.807) is 12.1 Å². The number of amides is 2. The number of hydrogen-bond acceptors (Lipinski definition) is 3. The van der Waals surface area contributed by atoms with Gasteiger partial charge in [0.05, 0.1) is 13.0 Å². The van der Waals surface area contributed by atoms with Crippen LogP contribution in [0.4, 0.5) is 0 Å². The Balaban J connectivity index is 1.66. The summed E-state index contributed by atoms with van der Waals surface area (Å²) in [6, 6.07) is 9.04. The molecule has 0 saturated heterocycles. The van der Waals surface area contributed by atoms with Gasteiger partial charge in [0.2, 0.25) is 11.8 Å². The molecule has 122 valence electrons. The zero-order chi connectivity index (χ0) is 16.7. The summed E-state index contributed by atoms with van der Waals surface area (Å²) in [5, 5.41) is 8.42. The van der Waals surface area contributed by atoms with Crippen molar-refractivity contribution in [3.63, 3.8) is 0 Å². The van der Waals surface area contributed by atoms with Gasteiger partial charge in [-0.2, -0.15) is 0 Å². The molecule has 1 heterocycles. The standard InChI is InChI=1S/C16H16Cl2N2O2S/c17-12-4-3-11(14(18)8-12)5-6-19-16(22)10-20-15(21)9-13-2-1-7-23-13/h1-4,7-8H,5-6,9-10H2,(H,19,22)(H,20,21). The lowest BCUT2D eigenvalue weighted by atomic mass is 10.1. The summed E-state index contributed by atoms with van der Waals surface area (Å²) >= 11 is 13.4. The number of carbonyl (C=O) groups excluding carboxylic acids is 2. The molecule has 0 fully saturated rings. The summed E-state index contributed by atoms with van der Waals surface area (Å²) in [6.07, 6.45) is 0.899. The summed E-state index contributed by atoms with van der Waals surface area (Å²) in [5.74, 6) is -0.391. The van der Waals surface area contributed by atoms with Gasteiger partial charge in [-0.05, 0) is 35.6 Å². The predicted octanol–water partition coefficient (Wildman–Crippen LogP) is 3.07. The second-order valence-electron chi connectivity index (χ2n) is 4.87. The molecule has 0 aliphatic carbocycles. The van der Waals surface area contributed by atoms with Gasteiger partial charge in [-0.1, -0.05) is 35.3 Å². The summed E-state index contributed by atoms with van der Waals surface area (Å²) in [6.45, 7) is 0.416. The summed E-state index contributed by atoms with van der Waals surface area (Å²) in [5.41, 5.74) is 0.915. The van der Waals surface area contributed by atoms with Gasteiger partial charge in [-0.3, -0.25) is 9.59 Å². The maximum Gasteiger partial charge on any atom is 0.239 e. The Morgan fingerprint density at radius 3 is 2.61 bits per heavy atom. The fourth-order valence-electron chi connectivity index (χ4n) is 1.94. The Morgan fingerprint density at radius 1 is 1.09 bits per heavy atom. The summed E-state index contributed by atoms with van der Waals surface area (Å²) < 4.78 is 0. The van der Waals surface area contributed by atoms with Gasteiger partial charge in [0.1, 0.15) is 0 Å². The normalized spacial score (nSPS) is 10.3. The molecule has 23 heavy (non-hydrogen) atoms. The first-order chi connectivity index (χ1) is 11.0. The molecule has 0 atom stereocenters. The lowest BCUT2D eigenvalue weighted by Crippen LogP contribution is -2.38. The van der Waals surface area contributed by atoms with E-state index in [1.165, 1.54) is 11.3 Å². The van der Waals surface area contributed by atoms with Gasteiger partial charge >= 0.3 is 0 Å². The van der Waals surface area contributed by atoms with E-state index in [0.29, 0.717) is 29.4 Å². The largest absolute Gasteiger partial charge is 0.354 e. The number of benzene rings is 1. The molecule has 1 aromatic heterocycles. The first-order valence-corrected chi connectivity index (χ1v) is 8.68. The van der Waals surface area contributed by atoms with Crippen LogP contribution in [-0.2, 0) is 22.4 Å². The highest BCUT2D eigenvalue weighted by atomic mass is 35.5. The molecule has 2 rings (SSSR count). The van der Waals surface area contributed by atoms with E-state index >= 15 is 0 Å².